The molecule has 0 saturated heterocycles. The van der Waals surface area contributed by atoms with Gasteiger partial charge in [0.1, 0.15) is 0 Å². The molecular weight excluding hydrogens is 292 g/mol. The smallest absolute Gasteiger partial charge is 0.206 e. The minimum atomic E-state index is 0.120. The molecule has 2 rings (SSSR count). The third kappa shape index (κ3) is 3.83. The fraction of sp³-hybridized carbons (Fsp3) is 0.462. The van der Waals surface area contributed by atoms with Gasteiger partial charge in [0.25, 0.3) is 0 Å². The fourth-order valence-corrected chi connectivity index (χ4v) is 3.45. The zero-order chi connectivity index (χ0) is 14.5. The third-order valence-electron chi connectivity index (χ3n) is 2.71. The largest absolute Gasteiger partial charge is 0.362 e. The van der Waals surface area contributed by atoms with Crippen LogP contribution in [0.15, 0.2) is 10.4 Å². The number of carbonyl (C=O) groups excluding carboxylic acids is 1. The second-order valence-corrected chi connectivity index (χ2v) is 6.70. The van der Waals surface area contributed by atoms with Crippen molar-refractivity contribution in [1.29, 1.82) is 0 Å². The molecule has 0 amide bonds. The normalized spacial score (nSPS) is 10.8. The van der Waals surface area contributed by atoms with Gasteiger partial charge in [0, 0.05) is 23.5 Å². The highest BCUT2D eigenvalue weighted by molar-refractivity contribution is 8.01. The molecule has 0 aliphatic heterocycles. The Balaban J connectivity index is 1.90. The quantitative estimate of drug-likeness (QED) is 0.606. The highest BCUT2D eigenvalue weighted by atomic mass is 32.2. The standard InChI is InChI=1S/C13H18N4OS2/c1-4-5-14-12-16-17-13(20-12)19-7-11(18)10-6-8(2)15-9(10)3/h6,15H,4-5,7H2,1-3H3,(H,14,16). The van der Waals surface area contributed by atoms with Gasteiger partial charge in [-0.2, -0.15) is 0 Å². The Morgan fingerprint density at radius 3 is 2.90 bits per heavy atom. The van der Waals surface area contributed by atoms with Crippen molar-refractivity contribution in [1.82, 2.24) is 15.2 Å². The summed E-state index contributed by atoms with van der Waals surface area (Å²) in [6.45, 7) is 6.86. The summed E-state index contributed by atoms with van der Waals surface area (Å²) in [7, 11) is 0. The van der Waals surface area contributed by atoms with Gasteiger partial charge in [-0.05, 0) is 26.3 Å². The van der Waals surface area contributed by atoms with E-state index in [0.29, 0.717) is 5.75 Å². The van der Waals surface area contributed by atoms with Gasteiger partial charge in [-0.15, -0.1) is 10.2 Å². The van der Waals surface area contributed by atoms with Crippen molar-refractivity contribution in [3.05, 3.63) is 23.0 Å². The van der Waals surface area contributed by atoms with Crippen molar-refractivity contribution in [2.45, 2.75) is 31.5 Å². The molecule has 0 saturated carbocycles. The summed E-state index contributed by atoms with van der Waals surface area (Å²) in [5.41, 5.74) is 2.71. The van der Waals surface area contributed by atoms with Crippen LogP contribution < -0.4 is 5.32 Å². The maximum Gasteiger partial charge on any atom is 0.206 e. The summed E-state index contributed by atoms with van der Waals surface area (Å²) in [5, 5.41) is 12.1. The monoisotopic (exact) mass is 310 g/mol. The molecule has 0 aromatic carbocycles. The fourth-order valence-electron chi connectivity index (χ4n) is 1.79. The van der Waals surface area contributed by atoms with Crippen LogP contribution in [-0.4, -0.2) is 33.3 Å². The highest BCUT2D eigenvalue weighted by Gasteiger charge is 2.13. The molecule has 2 N–H and O–H groups in total. The second-order valence-electron chi connectivity index (χ2n) is 4.50. The molecule has 7 heteroatoms. The lowest BCUT2D eigenvalue weighted by atomic mass is 10.2. The SMILES string of the molecule is CCCNc1nnc(SCC(=O)c2cc(C)[nH]c2C)s1. The van der Waals surface area contributed by atoms with Crippen molar-refractivity contribution in [3.63, 3.8) is 0 Å². The molecular formula is C13H18N4OS2. The van der Waals surface area contributed by atoms with Crippen molar-refractivity contribution in [2.75, 3.05) is 17.6 Å². The topological polar surface area (TPSA) is 70.7 Å². The molecule has 0 aliphatic carbocycles. The van der Waals surface area contributed by atoms with E-state index in [1.165, 1.54) is 23.1 Å². The van der Waals surface area contributed by atoms with Crippen LogP contribution in [0, 0.1) is 13.8 Å². The van der Waals surface area contributed by atoms with Gasteiger partial charge in [-0.1, -0.05) is 30.0 Å². The molecule has 5 nitrogen and oxygen atoms in total. The van der Waals surface area contributed by atoms with Gasteiger partial charge in [0.15, 0.2) is 10.1 Å². The van der Waals surface area contributed by atoms with Crippen molar-refractivity contribution in [3.8, 4) is 0 Å². The number of ketones is 1. The summed E-state index contributed by atoms with van der Waals surface area (Å²) in [5.74, 6) is 0.510. The minimum absolute atomic E-state index is 0.120. The zero-order valence-corrected chi connectivity index (χ0v) is 13.5. The van der Waals surface area contributed by atoms with Crippen LogP contribution in [0.25, 0.3) is 0 Å². The lowest BCUT2D eigenvalue weighted by Gasteiger charge is -1.97. The summed E-state index contributed by atoms with van der Waals surface area (Å²) >= 11 is 2.93. The van der Waals surface area contributed by atoms with E-state index >= 15 is 0 Å². The molecule has 0 radical (unpaired) electrons. The number of aryl methyl sites for hydroxylation is 2. The first kappa shape index (κ1) is 15.1. The van der Waals surface area contributed by atoms with Crippen LogP contribution in [-0.2, 0) is 0 Å². The average molecular weight is 310 g/mol. The lowest BCUT2D eigenvalue weighted by Crippen LogP contribution is -2.02. The number of carbonyl (C=O) groups is 1. The van der Waals surface area contributed by atoms with Gasteiger partial charge in [-0.25, -0.2) is 0 Å². The van der Waals surface area contributed by atoms with Crippen LogP contribution in [0.3, 0.4) is 0 Å². The molecule has 0 fully saturated rings. The molecule has 0 bridgehead atoms. The minimum Gasteiger partial charge on any atom is -0.362 e. The molecule has 20 heavy (non-hydrogen) atoms. The Hall–Kier alpha value is -1.34. The number of anilines is 1. The zero-order valence-electron chi connectivity index (χ0n) is 11.8. The number of nitrogens with zero attached hydrogens (tertiary/aromatic N) is 2. The molecule has 0 atom stereocenters. The van der Waals surface area contributed by atoms with E-state index in [2.05, 4.69) is 27.4 Å². The number of aromatic nitrogens is 3. The van der Waals surface area contributed by atoms with Crippen molar-refractivity contribution in [2.24, 2.45) is 0 Å². The van der Waals surface area contributed by atoms with Crippen LogP contribution in [0.1, 0.15) is 35.1 Å². The third-order valence-corrected chi connectivity index (χ3v) is 4.72. The average Bonchev–Trinajstić information content (AvgIpc) is 3.00. The van der Waals surface area contributed by atoms with Crippen molar-refractivity contribution < 1.29 is 4.79 Å². The van der Waals surface area contributed by atoms with E-state index in [9.17, 15) is 4.79 Å². The van der Waals surface area contributed by atoms with Crippen LogP contribution in [0.5, 0.6) is 0 Å². The predicted octanol–water partition coefficient (Wildman–Crippen LogP) is 3.28. The van der Waals surface area contributed by atoms with Crippen LogP contribution >= 0.6 is 23.1 Å². The Bertz CT molecular complexity index is 591. The summed E-state index contributed by atoms with van der Waals surface area (Å²) in [4.78, 5) is 15.3. The molecule has 2 heterocycles. The van der Waals surface area contributed by atoms with E-state index in [1.807, 2.05) is 19.9 Å². The molecule has 2 aromatic rings. The number of thioether (sulfide) groups is 1. The van der Waals surface area contributed by atoms with Gasteiger partial charge >= 0.3 is 0 Å². The molecule has 0 spiro atoms. The van der Waals surface area contributed by atoms with E-state index in [4.69, 9.17) is 0 Å². The lowest BCUT2D eigenvalue weighted by molar-refractivity contribution is 0.102. The Morgan fingerprint density at radius 1 is 1.45 bits per heavy atom. The molecule has 108 valence electrons. The van der Waals surface area contributed by atoms with Crippen LogP contribution in [0.4, 0.5) is 5.13 Å². The Labute approximate surface area is 126 Å². The van der Waals surface area contributed by atoms with Gasteiger partial charge in [0.2, 0.25) is 5.13 Å². The van der Waals surface area contributed by atoms with Gasteiger partial charge in [-0.3, -0.25) is 4.79 Å². The summed E-state index contributed by atoms with van der Waals surface area (Å²) in [6.07, 6.45) is 1.05. The first-order valence-corrected chi connectivity index (χ1v) is 8.30. The number of hydrogen-bond donors (Lipinski definition) is 2. The number of hydrogen-bond acceptors (Lipinski definition) is 6. The number of Topliss-reactive ketones (excluding diaryl/α,β-unsaturated/α-hetero) is 1. The van der Waals surface area contributed by atoms with Crippen LogP contribution in [0.2, 0.25) is 0 Å². The molecule has 0 aliphatic rings. The Kier molecular flexibility index (Phi) is 5.19. The summed E-state index contributed by atoms with van der Waals surface area (Å²) in [6, 6.07) is 1.90. The maximum absolute atomic E-state index is 12.1. The first-order valence-electron chi connectivity index (χ1n) is 6.49. The van der Waals surface area contributed by atoms with E-state index in [1.54, 1.807) is 0 Å². The van der Waals surface area contributed by atoms with E-state index in [0.717, 1.165) is 39.4 Å². The van der Waals surface area contributed by atoms with Gasteiger partial charge < -0.3 is 10.3 Å². The Morgan fingerprint density at radius 2 is 2.25 bits per heavy atom. The first-order chi connectivity index (χ1) is 9.60. The van der Waals surface area contributed by atoms with Gasteiger partial charge in [0.05, 0.1) is 5.75 Å². The molecule has 2 aromatic heterocycles. The van der Waals surface area contributed by atoms with Crippen molar-refractivity contribution >= 4 is 34.0 Å². The van der Waals surface area contributed by atoms with E-state index < -0.39 is 0 Å². The number of aromatic amines is 1. The molecule has 0 unspecified atom stereocenters. The maximum atomic E-state index is 12.1. The van der Waals surface area contributed by atoms with E-state index in [-0.39, 0.29) is 5.78 Å². The predicted molar refractivity (Wildman–Crippen MR) is 84.0 cm³/mol. The summed E-state index contributed by atoms with van der Waals surface area (Å²) < 4.78 is 0.821. The number of rotatable bonds is 7. The number of nitrogens with one attached hydrogen (secondary N) is 2. The second kappa shape index (κ2) is 6.90. The highest BCUT2D eigenvalue weighted by Crippen LogP contribution is 2.26. The number of H-pyrrole nitrogens is 1.